The Bertz CT molecular complexity index is 546. The fourth-order valence-corrected chi connectivity index (χ4v) is 3.79. The maximum atomic E-state index is 5.81. The third kappa shape index (κ3) is 3.20. The van der Waals surface area contributed by atoms with E-state index in [9.17, 15) is 0 Å². The normalized spacial score (nSPS) is 24.7. The van der Waals surface area contributed by atoms with E-state index in [1.807, 2.05) is 12.3 Å². The summed E-state index contributed by atoms with van der Waals surface area (Å²) in [4.78, 5) is 16.4. The van der Waals surface area contributed by atoms with Crippen molar-refractivity contribution in [2.75, 3.05) is 68.8 Å². The summed E-state index contributed by atoms with van der Waals surface area (Å²) in [5.74, 6) is 1.55. The zero-order valence-electron chi connectivity index (χ0n) is 14.5. The lowest BCUT2D eigenvalue weighted by molar-refractivity contribution is -0.169. The third-order valence-electron chi connectivity index (χ3n) is 5.39. The van der Waals surface area contributed by atoms with Crippen LogP contribution in [0.1, 0.15) is 19.8 Å². The van der Waals surface area contributed by atoms with Crippen molar-refractivity contribution in [2.45, 2.75) is 25.6 Å². The fraction of sp³-hybridized carbons (Fsp3) is 0.765. The molecule has 0 saturated carbocycles. The van der Waals surface area contributed by atoms with Gasteiger partial charge in [0.15, 0.2) is 5.79 Å². The van der Waals surface area contributed by atoms with Gasteiger partial charge in [0.25, 0.3) is 0 Å². The van der Waals surface area contributed by atoms with E-state index in [2.05, 4.69) is 26.6 Å². The van der Waals surface area contributed by atoms with Crippen LogP contribution in [0.15, 0.2) is 12.3 Å². The molecule has 3 fully saturated rings. The first-order valence-corrected chi connectivity index (χ1v) is 9.11. The van der Waals surface area contributed by atoms with E-state index in [4.69, 9.17) is 14.5 Å². The van der Waals surface area contributed by atoms with Gasteiger partial charge in [-0.15, -0.1) is 0 Å². The zero-order valence-corrected chi connectivity index (χ0v) is 14.5. The summed E-state index contributed by atoms with van der Waals surface area (Å²) in [6.45, 7) is 10.8. The molecule has 0 radical (unpaired) electrons. The van der Waals surface area contributed by atoms with Crippen LogP contribution in [0.4, 0.5) is 11.8 Å². The molecular formula is C17H27N5O2. The summed E-state index contributed by atoms with van der Waals surface area (Å²) in [6, 6.07) is 2.01. The number of nitrogens with zero attached hydrogens (tertiary/aromatic N) is 5. The minimum atomic E-state index is -0.331. The highest BCUT2D eigenvalue weighted by atomic mass is 16.7. The Balaban J connectivity index is 1.40. The molecule has 1 aromatic heterocycles. The molecule has 1 aromatic rings. The average Bonchev–Trinajstić information content (AvgIpc) is 3.10. The lowest BCUT2D eigenvalue weighted by Crippen LogP contribution is -2.47. The molecular weight excluding hydrogens is 306 g/mol. The molecule has 0 aromatic carbocycles. The molecule has 7 heteroatoms. The number of ether oxygens (including phenoxy) is 2. The number of piperazine rings is 1. The van der Waals surface area contributed by atoms with Gasteiger partial charge in [0.05, 0.1) is 13.2 Å². The molecule has 0 bridgehead atoms. The summed E-state index contributed by atoms with van der Waals surface area (Å²) in [7, 11) is 0. The molecule has 24 heavy (non-hydrogen) atoms. The smallest absolute Gasteiger partial charge is 0.227 e. The maximum absolute atomic E-state index is 5.81. The number of anilines is 2. The first kappa shape index (κ1) is 16.1. The summed E-state index contributed by atoms with van der Waals surface area (Å²) in [5, 5.41) is 0. The molecule has 7 nitrogen and oxygen atoms in total. The Morgan fingerprint density at radius 3 is 2.38 bits per heavy atom. The number of aromatic nitrogens is 2. The van der Waals surface area contributed by atoms with Gasteiger partial charge in [-0.2, -0.15) is 4.98 Å². The minimum Gasteiger partial charge on any atom is -0.356 e. The van der Waals surface area contributed by atoms with Crippen LogP contribution in [0.25, 0.3) is 0 Å². The molecule has 4 rings (SSSR count). The van der Waals surface area contributed by atoms with Crippen molar-refractivity contribution in [3.05, 3.63) is 12.3 Å². The van der Waals surface area contributed by atoms with Crippen LogP contribution >= 0.6 is 0 Å². The Morgan fingerprint density at radius 1 is 1.00 bits per heavy atom. The molecule has 0 atom stereocenters. The number of rotatable bonds is 3. The van der Waals surface area contributed by atoms with Gasteiger partial charge < -0.3 is 24.2 Å². The van der Waals surface area contributed by atoms with Crippen molar-refractivity contribution < 1.29 is 9.47 Å². The van der Waals surface area contributed by atoms with E-state index in [0.29, 0.717) is 0 Å². The quantitative estimate of drug-likeness (QED) is 0.817. The maximum Gasteiger partial charge on any atom is 0.227 e. The summed E-state index contributed by atoms with van der Waals surface area (Å²) < 4.78 is 11.6. The highest BCUT2D eigenvalue weighted by Crippen LogP contribution is 2.32. The topological polar surface area (TPSA) is 54.0 Å². The summed E-state index contributed by atoms with van der Waals surface area (Å²) in [5.41, 5.74) is 0. The third-order valence-corrected chi connectivity index (χ3v) is 5.39. The minimum absolute atomic E-state index is 0.331. The fourth-order valence-electron chi connectivity index (χ4n) is 3.79. The standard InChI is InChI=1S/C17H27N5O2/c1-2-20-9-11-22(12-10-20)16-18-6-3-15(19-16)21-7-4-17(5-8-21)23-13-14-24-17/h3,6H,2,4-5,7-14H2,1H3. The van der Waals surface area contributed by atoms with E-state index < -0.39 is 0 Å². The molecule has 4 heterocycles. The molecule has 0 amide bonds. The van der Waals surface area contributed by atoms with Crippen LogP contribution < -0.4 is 9.80 Å². The van der Waals surface area contributed by atoms with Gasteiger partial charge in [-0.05, 0) is 12.6 Å². The van der Waals surface area contributed by atoms with Gasteiger partial charge in [-0.25, -0.2) is 4.98 Å². The summed E-state index contributed by atoms with van der Waals surface area (Å²) in [6.07, 6.45) is 3.69. The van der Waals surface area contributed by atoms with Crippen LogP contribution in [0.2, 0.25) is 0 Å². The van der Waals surface area contributed by atoms with Crippen LogP contribution in [0.5, 0.6) is 0 Å². The van der Waals surface area contributed by atoms with E-state index in [0.717, 1.165) is 83.6 Å². The van der Waals surface area contributed by atoms with Crippen LogP contribution in [0.3, 0.4) is 0 Å². The van der Waals surface area contributed by atoms with Gasteiger partial charge in [0.1, 0.15) is 5.82 Å². The zero-order chi connectivity index (χ0) is 16.4. The van der Waals surface area contributed by atoms with Crippen LogP contribution in [0, 0.1) is 0 Å². The first-order chi connectivity index (χ1) is 11.8. The molecule has 1 spiro atoms. The average molecular weight is 333 g/mol. The molecule has 0 aliphatic carbocycles. The molecule has 132 valence electrons. The largest absolute Gasteiger partial charge is 0.356 e. The SMILES string of the molecule is CCN1CCN(c2nccc(N3CCC4(CC3)OCCO4)n2)CC1. The number of hydrogen-bond donors (Lipinski definition) is 0. The highest BCUT2D eigenvalue weighted by Gasteiger charge is 2.40. The second kappa shape index (κ2) is 6.82. The number of piperidine rings is 1. The number of likely N-dealkylation sites (N-methyl/N-ethyl adjacent to an activating group) is 1. The first-order valence-electron chi connectivity index (χ1n) is 9.11. The van der Waals surface area contributed by atoms with Crippen molar-refractivity contribution in [1.82, 2.24) is 14.9 Å². The molecule has 3 saturated heterocycles. The second-order valence-corrected chi connectivity index (χ2v) is 6.73. The Hall–Kier alpha value is -1.44. The lowest BCUT2D eigenvalue weighted by Gasteiger charge is -2.38. The second-order valence-electron chi connectivity index (χ2n) is 6.73. The summed E-state index contributed by atoms with van der Waals surface area (Å²) >= 11 is 0. The van der Waals surface area contributed by atoms with Gasteiger partial charge in [0, 0.05) is 58.3 Å². The van der Waals surface area contributed by atoms with Crippen LogP contribution in [-0.2, 0) is 9.47 Å². The van der Waals surface area contributed by atoms with Crippen LogP contribution in [-0.4, -0.2) is 79.7 Å². The predicted octanol–water partition coefficient (Wildman–Crippen LogP) is 0.962. The van der Waals surface area contributed by atoms with Gasteiger partial charge in [-0.1, -0.05) is 6.92 Å². The van der Waals surface area contributed by atoms with E-state index >= 15 is 0 Å². The van der Waals surface area contributed by atoms with E-state index in [1.165, 1.54) is 0 Å². The Morgan fingerprint density at radius 2 is 1.71 bits per heavy atom. The van der Waals surface area contributed by atoms with E-state index in [1.54, 1.807) is 0 Å². The van der Waals surface area contributed by atoms with Crippen molar-refractivity contribution in [3.8, 4) is 0 Å². The molecule has 0 unspecified atom stereocenters. The molecule has 3 aliphatic rings. The van der Waals surface area contributed by atoms with Crippen molar-refractivity contribution in [3.63, 3.8) is 0 Å². The molecule has 3 aliphatic heterocycles. The van der Waals surface area contributed by atoms with Crippen molar-refractivity contribution >= 4 is 11.8 Å². The van der Waals surface area contributed by atoms with E-state index in [-0.39, 0.29) is 5.79 Å². The van der Waals surface area contributed by atoms with Gasteiger partial charge in [0.2, 0.25) is 5.95 Å². The number of hydrogen-bond acceptors (Lipinski definition) is 7. The highest BCUT2D eigenvalue weighted by molar-refractivity contribution is 5.44. The van der Waals surface area contributed by atoms with Gasteiger partial charge >= 0.3 is 0 Å². The van der Waals surface area contributed by atoms with Crippen molar-refractivity contribution in [1.29, 1.82) is 0 Å². The van der Waals surface area contributed by atoms with Crippen molar-refractivity contribution in [2.24, 2.45) is 0 Å². The Labute approximate surface area is 143 Å². The molecule has 0 N–H and O–H groups in total. The Kier molecular flexibility index (Phi) is 4.56. The van der Waals surface area contributed by atoms with Gasteiger partial charge in [-0.3, -0.25) is 0 Å². The predicted molar refractivity (Wildman–Crippen MR) is 92.4 cm³/mol. The lowest BCUT2D eigenvalue weighted by atomic mass is 10.0. The monoisotopic (exact) mass is 333 g/mol.